The molecule has 0 radical (unpaired) electrons. The van der Waals surface area contributed by atoms with E-state index in [1.807, 2.05) is 30.3 Å². The summed E-state index contributed by atoms with van der Waals surface area (Å²) < 4.78 is 0. The van der Waals surface area contributed by atoms with Gasteiger partial charge in [0.2, 0.25) is 0 Å². The molecule has 2 N–H and O–H groups in total. The Morgan fingerprint density at radius 3 is 2.47 bits per heavy atom. The number of rotatable bonds is 2. The zero-order valence-corrected chi connectivity index (χ0v) is 8.21. The topological polar surface area (TPSA) is 60.8 Å². The Morgan fingerprint density at radius 1 is 1.27 bits per heavy atom. The van der Waals surface area contributed by atoms with Crippen molar-refractivity contribution in [2.45, 2.75) is 18.8 Å². The monoisotopic (exact) mass is 207 g/mol. The van der Waals surface area contributed by atoms with Crippen LogP contribution >= 0.6 is 0 Å². The average Bonchev–Trinajstić information content (AvgIpc) is 2.48. The van der Waals surface area contributed by atoms with Gasteiger partial charge in [-0.1, -0.05) is 30.3 Å². The minimum atomic E-state index is -1.26. The third kappa shape index (κ3) is 2.00. The molecule has 80 valence electrons. The first kappa shape index (κ1) is 10.1. The highest BCUT2D eigenvalue weighted by Gasteiger charge is 2.37. The number of hydrogen-bond donors (Lipinski definition) is 2. The van der Waals surface area contributed by atoms with E-state index in [2.05, 4.69) is 0 Å². The van der Waals surface area contributed by atoms with Crippen LogP contribution in [0.2, 0.25) is 0 Å². The summed E-state index contributed by atoms with van der Waals surface area (Å²) >= 11 is 0. The smallest absolute Gasteiger partial charge is 0.254 e. The van der Waals surface area contributed by atoms with Gasteiger partial charge >= 0.3 is 0 Å². The van der Waals surface area contributed by atoms with Gasteiger partial charge in [-0.05, 0) is 5.56 Å². The molecule has 0 aliphatic carbocycles. The van der Waals surface area contributed by atoms with Crippen molar-refractivity contribution in [1.82, 2.24) is 4.90 Å². The Bertz CT molecular complexity index is 352. The first-order valence-electron chi connectivity index (χ1n) is 4.87. The van der Waals surface area contributed by atoms with Crippen molar-refractivity contribution in [1.29, 1.82) is 0 Å². The maximum Gasteiger partial charge on any atom is 0.254 e. The Labute approximate surface area is 87.8 Å². The van der Waals surface area contributed by atoms with E-state index in [0.717, 1.165) is 5.56 Å². The van der Waals surface area contributed by atoms with Crippen LogP contribution in [0.4, 0.5) is 0 Å². The summed E-state index contributed by atoms with van der Waals surface area (Å²) in [6.45, 7) is 0.642. The molecule has 4 heteroatoms. The number of amides is 1. The van der Waals surface area contributed by atoms with Crippen molar-refractivity contribution < 1.29 is 15.0 Å². The van der Waals surface area contributed by atoms with Crippen molar-refractivity contribution in [2.75, 3.05) is 6.54 Å². The van der Waals surface area contributed by atoms with Crippen LogP contribution in [0.15, 0.2) is 30.3 Å². The molecule has 0 aromatic heterocycles. The zero-order valence-electron chi connectivity index (χ0n) is 8.21. The molecule has 2 unspecified atom stereocenters. The number of aliphatic hydroxyl groups excluding tert-OH is 2. The number of carbonyl (C=O) groups excluding carboxylic acids is 1. The van der Waals surface area contributed by atoms with Gasteiger partial charge < -0.3 is 15.1 Å². The number of hydrogen-bond acceptors (Lipinski definition) is 3. The normalized spacial score (nSPS) is 26.0. The van der Waals surface area contributed by atoms with Crippen LogP contribution in [0.1, 0.15) is 5.56 Å². The predicted molar refractivity (Wildman–Crippen MR) is 53.9 cm³/mol. The molecular weight excluding hydrogens is 194 g/mol. The fourth-order valence-electron chi connectivity index (χ4n) is 1.71. The van der Waals surface area contributed by atoms with E-state index in [-0.39, 0.29) is 6.54 Å². The van der Waals surface area contributed by atoms with Gasteiger partial charge in [-0.2, -0.15) is 0 Å². The minimum absolute atomic E-state index is 0.203. The van der Waals surface area contributed by atoms with Crippen molar-refractivity contribution in [3.8, 4) is 0 Å². The summed E-state index contributed by atoms with van der Waals surface area (Å²) in [5.74, 6) is -0.397. The molecule has 2 rings (SSSR count). The fourth-order valence-corrected chi connectivity index (χ4v) is 1.71. The van der Waals surface area contributed by atoms with E-state index in [9.17, 15) is 15.0 Å². The molecule has 1 saturated heterocycles. The van der Waals surface area contributed by atoms with Gasteiger partial charge in [0.1, 0.15) is 6.10 Å². The Morgan fingerprint density at radius 2 is 1.93 bits per heavy atom. The summed E-state index contributed by atoms with van der Waals surface area (Å²) in [5, 5.41) is 18.6. The van der Waals surface area contributed by atoms with Crippen LogP contribution in [-0.4, -0.2) is 39.8 Å². The standard InChI is InChI=1S/C11H13NO3/c13-9-7-12(11(15)10(9)14)6-8-4-2-1-3-5-8/h1-5,9-10,13-14H,6-7H2. The number of nitrogens with zero attached hydrogens (tertiary/aromatic N) is 1. The molecule has 1 aliphatic heterocycles. The number of benzene rings is 1. The lowest BCUT2D eigenvalue weighted by atomic mass is 10.2. The molecular formula is C11H13NO3. The maximum atomic E-state index is 11.4. The van der Waals surface area contributed by atoms with Gasteiger partial charge in [-0.15, -0.1) is 0 Å². The lowest BCUT2D eigenvalue weighted by Crippen LogP contribution is -2.29. The van der Waals surface area contributed by atoms with Crippen molar-refractivity contribution in [3.63, 3.8) is 0 Å². The van der Waals surface area contributed by atoms with E-state index >= 15 is 0 Å². The largest absolute Gasteiger partial charge is 0.388 e. The fraction of sp³-hybridized carbons (Fsp3) is 0.364. The molecule has 15 heavy (non-hydrogen) atoms. The number of β-amino-alcohol motifs (C(OH)–C–C–N with tert-alkyl or cyclic N) is 1. The second-order valence-corrected chi connectivity index (χ2v) is 3.72. The molecule has 1 fully saturated rings. The molecule has 1 aliphatic rings. The van der Waals surface area contributed by atoms with Gasteiger partial charge in [0.25, 0.3) is 5.91 Å². The zero-order chi connectivity index (χ0) is 10.8. The van der Waals surface area contributed by atoms with Gasteiger partial charge in [-0.3, -0.25) is 4.79 Å². The van der Waals surface area contributed by atoms with Gasteiger partial charge in [0, 0.05) is 6.54 Å². The Balaban J connectivity index is 2.05. The molecule has 0 spiro atoms. The maximum absolute atomic E-state index is 11.4. The van der Waals surface area contributed by atoms with Crippen LogP contribution in [-0.2, 0) is 11.3 Å². The second-order valence-electron chi connectivity index (χ2n) is 3.72. The van der Waals surface area contributed by atoms with E-state index in [0.29, 0.717) is 6.54 Å². The molecule has 4 nitrogen and oxygen atoms in total. The summed E-state index contributed by atoms with van der Waals surface area (Å²) in [5.41, 5.74) is 0.993. The van der Waals surface area contributed by atoms with E-state index in [1.54, 1.807) is 0 Å². The number of carbonyl (C=O) groups is 1. The molecule has 0 bridgehead atoms. The third-order valence-electron chi connectivity index (χ3n) is 2.55. The Kier molecular flexibility index (Phi) is 2.70. The van der Waals surface area contributed by atoms with Crippen molar-refractivity contribution in [2.24, 2.45) is 0 Å². The van der Waals surface area contributed by atoms with Crippen molar-refractivity contribution in [3.05, 3.63) is 35.9 Å². The summed E-state index contributed by atoms with van der Waals surface area (Å²) in [6.07, 6.45) is -2.21. The quantitative estimate of drug-likeness (QED) is 0.703. The minimum Gasteiger partial charge on any atom is -0.388 e. The third-order valence-corrected chi connectivity index (χ3v) is 2.55. The van der Waals surface area contributed by atoms with Crippen LogP contribution in [0, 0.1) is 0 Å². The lowest BCUT2D eigenvalue weighted by Gasteiger charge is -2.15. The van der Waals surface area contributed by atoms with Crippen molar-refractivity contribution >= 4 is 5.91 Å². The highest BCUT2D eigenvalue weighted by molar-refractivity contribution is 5.83. The molecule has 1 amide bonds. The van der Waals surface area contributed by atoms with E-state index in [4.69, 9.17) is 0 Å². The van der Waals surface area contributed by atoms with E-state index < -0.39 is 18.1 Å². The molecule has 1 aromatic rings. The molecule has 2 atom stereocenters. The highest BCUT2D eigenvalue weighted by Crippen LogP contribution is 2.15. The molecule has 1 heterocycles. The van der Waals surface area contributed by atoms with Crippen LogP contribution in [0.3, 0.4) is 0 Å². The predicted octanol–water partition coefficient (Wildman–Crippen LogP) is -0.249. The van der Waals surface area contributed by atoms with Crippen LogP contribution in [0.5, 0.6) is 0 Å². The lowest BCUT2D eigenvalue weighted by molar-refractivity contribution is -0.136. The highest BCUT2D eigenvalue weighted by atomic mass is 16.3. The van der Waals surface area contributed by atoms with Crippen LogP contribution in [0.25, 0.3) is 0 Å². The Hall–Kier alpha value is -1.39. The first-order chi connectivity index (χ1) is 7.18. The summed E-state index contributed by atoms with van der Waals surface area (Å²) in [6, 6.07) is 9.50. The molecule has 0 saturated carbocycles. The molecule has 1 aromatic carbocycles. The van der Waals surface area contributed by atoms with Gasteiger partial charge in [0.15, 0.2) is 6.10 Å². The van der Waals surface area contributed by atoms with Gasteiger partial charge in [0.05, 0.1) is 6.54 Å². The summed E-state index contributed by atoms with van der Waals surface area (Å²) in [7, 11) is 0. The van der Waals surface area contributed by atoms with E-state index in [1.165, 1.54) is 4.90 Å². The summed E-state index contributed by atoms with van der Waals surface area (Å²) in [4.78, 5) is 12.9. The number of aliphatic hydroxyl groups is 2. The number of likely N-dealkylation sites (tertiary alicyclic amines) is 1. The first-order valence-corrected chi connectivity index (χ1v) is 4.87. The SMILES string of the molecule is O=C1C(O)C(O)CN1Cc1ccccc1. The van der Waals surface area contributed by atoms with Gasteiger partial charge in [-0.25, -0.2) is 0 Å². The average molecular weight is 207 g/mol. The second kappa shape index (κ2) is 4.00. The van der Waals surface area contributed by atoms with Crippen LogP contribution < -0.4 is 0 Å².